The highest BCUT2D eigenvalue weighted by Crippen LogP contribution is 2.26. The Balaban J connectivity index is 2.97. The molecular formula is C13H21N3O3. The number of nitrogens with zero attached hydrogens (tertiary/aromatic N) is 2. The molecule has 0 bridgehead atoms. The summed E-state index contributed by atoms with van der Waals surface area (Å²) in [6, 6.07) is 5.12. The van der Waals surface area contributed by atoms with Gasteiger partial charge in [-0.25, -0.2) is 0 Å². The van der Waals surface area contributed by atoms with Gasteiger partial charge in [-0.3, -0.25) is 15.0 Å². The van der Waals surface area contributed by atoms with Crippen LogP contribution in [0.15, 0.2) is 18.2 Å². The molecule has 0 amide bonds. The van der Waals surface area contributed by atoms with Gasteiger partial charge in [-0.2, -0.15) is 0 Å². The fourth-order valence-corrected chi connectivity index (χ4v) is 1.65. The first-order valence-electron chi connectivity index (χ1n) is 6.09. The van der Waals surface area contributed by atoms with E-state index in [4.69, 9.17) is 0 Å². The molecular weight excluding hydrogens is 246 g/mol. The first-order valence-corrected chi connectivity index (χ1v) is 6.09. The van der Waals surface area contributed by atoms with E-state index in [0.29, 0.717) is 12.2 Å². The van der Waals surface area contributed by atoms with Crippen LogP contribution in [0.3, 0.4) is 0 Å². The molecule has 0 saturated carbocycles. The number of aliphatic hydroxyl groups is 1. The van der Waals surface area contributed by atoms with Gasteiger partial charge in [-0.1, -0.05) is 6.07 Å². The quantitative estimate of drug-likeness (QED) is 0.607. The van der Waals surface area contributed by atoms with Crippen molar-refractivity contribution in [3.63, 3.8) is 0 Å². The predicted molar refractivity (Wildman–Crippen MR) is 75.3 cm³/mol. The van der Waals surface area contributed by atoms with Gasteiger partial charge in [0.15, 0.2) is 0 Å². The van der Waals surface area contributed by atoms with Gasteiger partial charge in [-0.15, -0.1) is 0 Å². The van der Waals surface area contributed by atoms with Crippen molar-refractivity contribution in [2.45, 2.75) is 25.9 Å². The van der Waals surface area contributed by atoms with Gasteiger partial charge in [0.05, 0.1) is 11.5 Å². The smallest absolute Gasteiger partial charge is 0.292 e. The average Bonchev–Trinajstić information content (AvgIpc) is 2.38. The number of rotatable bonds is 6. The number of hydrogen-bond acceptors (Lipinski definition) is 5. The number of aliphatic hydroxyl groups excluding tert-OH is 1. The van der Waals surface area contributed by atoms with Crippen LogP contribution in [0.25, 0.3) is 0 Å². The van der Waals surface area contributed by atoms with Crippen molar-refractivity contribution >= 4 is 11.4 Å². The Morgan fingerprint density at radius 2 is 2.11 bits per heavy atom. The summed E-state index contributed by atoms with van der Waals surface area (Å²) in [6.07, 6.45) is 0. The summed E-state index contributed by atoms with van der Waals surface area (Å²) in [4.78, 5) is 12.6. The molecule has 19 heavy (non-hydrogen) atoms. The van der Waals surface area contributed by atoms with E-state index in [1.165, 1.54) is 0 Å². The van der Waals surface area contributed by atoms with Gasteiger partial charge in [0.25, 0.3) is 5.69 Å². The van der Waals surface area contributed by atoms with Gasteiger partial charge in [0.1, 0.15) is 5.69 Å². The lowest BCUT2D eigenvalue weighted by molar-refractivity contribution is -0.384. The van der Waals surface area contributed by atoms with Gasteiger partial charge in [0, 0.05) is 25.2 Å². The molecule has 0 fully saturated rings. The van der Waals surface area contributed by atoms with Crippen LogP contribution in [-0.4, -0.2) is 41.2 Å². The minimum absolute atomic E-state index is 0.0280. The molecule has 6 heteroatoms. The zero-order valence-corrected chi connectivity index (χ0v) is 11.8. The molecule has 1 aromatic rings. The molecule has 6 nitrogen and oxygen atoms in total. The second kappa shape index (κ2) is 5.99. The summed E-state index contributed by atoms with van der Waals surface area (Å²) >= 11 is 0. The molecule has 0 saturated heterocycles. The molecule has 0 atom stereocenters. The van der Waals surface area contributed by atoms with Crippen molar-refractivity contribution in [3.8, 4) is 0 Å². The van der Waals surface area contributed by atoms with Crippen LogP contribution in [0.5, 0.6) is 0 Å². The van der Waals surface area contributed by atoms with Crippen molar-refractivity contribution in [1.82, 2.24) is 4.90 Å². The van der Waals surface area contributed by atoms with Crippen LogP contribution in [0.1, 0.15) is 19.4 Å². The highest BCUT2D eigenvalue weighted by atomic mass is 16.6. The summed E-state index contributed by atoms with van der Waals surface area (Å²) in [7, 11) is 3.54. The SMILES string of the molecule is CNc1ccc(CN(C)C(C)(C)CO)cc1[N+](=O)[O-]. The molecule has 0 aliphatic rings. The second-order valence-electron chi connectivity index (χ2n) is 5.19. The van der Waals surface area contributed by atoms with Crippen LogP contribution in [-0.2, 0) is 6.54 Å². The number of hydrogen-bond donors (Lipinski definition) is 2. The molecule has 106 valence electrons. The molecule has 0 unspecified atom stereocenters. The summed E-state index contributed by atoms with van der Waals surface area (Å²) in [5, 5.41) is 23.1. The van der Waals surface area contributed by atoms with Crippen molar-refractivity contribution in [3.05, 3.63) is 33.9 Å². The second-order valence-corrected chi connectivity index (χ2v) is 5.19. The Morgan fingerprint density at radius 1 is 1.47 bits per heavy atom. The monoisotopic (exact) mass is 267 g/mol. The zero-order valence-electron chi connectivity index (χ0n) is 11.8. The highest BCUT2D eigenvalue weighted by molar-refractivity contribution is 5.62. The molecule has 2 N–H and O–H groups in total. The lowest BCUT2D eigenvalue weighted by Crippen LogP contribution is -2.43. The molecule has 0 radical (unpaired) electrons. The Morgan fingerprint density at radius 3 is 2.58 bits per heavy atom. The van der Waals surface area contributed by atoms with Crippen molar-refractivity contribution in [2.24, 2.45) is 0 Å². The summed E-state index contributed by atoms with van der Waals surface area (Å²) < 4.78 is 0. The fourth-order valence-electron chi connectivity index (χ4n) is 1.65. The predicted octanol–water partition coefficient (Wildman–Crippen LogP) is 1.84. The zero-order chi connectivity index (χ0) is 14.6. The van der Waals surface area contributed by atoms with Crippen LogP contribution >= 0.6 is 0 Å². The van der Waals surface area contributed by atoms with Crippen LogP contribution < -0.4 is 5.32 Å². The number of nitrogens with one attached hydrogen (secondary N) is 1. The molecule has 1 aromatic carbocycles. The molecule has 1 rings (SSSR count). The number of likely N-dealkylation sites (N-methyl/N-ethyl adjacent to an activating group) is 1. The summed E-state index contributed by atoms with van der Waals surface area (Å²) in [5.74, 6) is 0. The maximum atomic E-state index is 11.0. The van der Waals surface area contributed by atoms with Crippen molar-refractivity contribution < 1.29 is 10.0 Å². The van der Waals surface area contributed by atoms with Gasteiger partial charge >= 0.3 is 0 Å². The minimum atomic E-state index is -0.396. The number of nitro groups is 1. The van der Waals surface area contributed by atoms with Crippen LogP contribution in [0.4, 0.5) is 11.4 Å². The van der Waals surface area contributed by atoms with E-state index in [2.05, 4.69) is 5.32 Å². The van der Waals surface area contributed by atoms with E-state index in [-0.39, 0.29) is 17.8 Å². The van der Waals surface area contributed by atoms with E-state index in [9.17, 15) is 15.2 Å². The Labute approximate surface area is 113 Å². The fraction of sp³-hybridized carbons (Fsp3) is 0.538. The van der Waals surface area contributed by atoms with Gasteiger partial charge in [0.2, 0.25) is 0 Å². The third-order valence-corrected chi connectivity index (χ3v) is 3.37. The molecule has 0 aliphatic heterocycles. The number of benzene rings is 1. The van der Waals surface area contributed by atoms with Gasteiger partial charge in [-0.05, 0) is 32.5 Å². The molecule has 0 aromatic heterocycles. The highest BCUT2D eigenvalue weighted by Gasteiger charge is 2.23. The van der Waals surface area contributed by atoms with Crippen LogP contribution in [0.2, 0.25) is 0 Å². The maximum Gasteiger partial charge on any atom is 0.292 e. The molecule has 0 heterocycles. The normalized spacial score (nSPS) is 11.7. The van der Waals surface area contributed by atoms with E-state index >= 15 is 0 Å². The topological polar surface area (TPSA) is 78.6 Å². The lowest BCUT2D eigenvalue weighted by Gasteiger charge is -2.33. The van der Waals surface area contributed by atoms with Crippen molar-refractivity contribution in [2.75, 3.05) is 26.0 Å². The first kappa shape index (κ1) is 15.4. The molecule has 0 spiro atoms. The number of nitro benzene ring substituents is 1. The minimum Gasteiger partial charge on any atom is -0.394 e. The Hall–Kier alpha value is -1.66. The summed E-state index contributed by atoms with van der Waals surface area (Å²) in [6.45, 7) is 4.41. The third-order valence-electron chi connectivity index (χ3n) is 3.37. The van der Waals surface area contributed by atoms with Gasteiger partial charge < -0.3 is 10.4 Å². The maximum absolute atomic E-state index is 11.0. The molecule has 0 aliphatic carbocycles. The largest absolute Gasteiger partial charge is 0.394 e. The van der Waals surface area contributed by atoms with E-state index in [1.807, 2.05) is 31.9 Å². The Kier molecular flexibility index (Phi) is 4.85. The average molecular weight is 267 g/mol. The van der Waals surface area contributed by atoms with E-state index in [1.54, 1.807) is 19.2 Å². The van der Waals surface area contributed by atoms with E-state index < -0.39 is 4.92 Å². The number of anilines is 1. The standard InChI is InChI=1S/C13H21N3O3/c1-13(2,9-17)15(4)8-10-5-6-11(14-3)12(7-10)16(18)19/h5-7,14,17H,8-9H2,1-4H3. The van der Waals surface area contributed by atoms with Crippen LogP contribution in [0, 0.1) is 10.1 Å². The lowest BCUT2D eigenvalue weighted by atomic mass is 10.0. The van der Waals surface area contributed by atoms with E-state index in [0.717, 1.165) is 5.56 Å². The first-order chi connectivity index (χ1) is 8.81. The third kappa shape index (κ3) is 3.65. The van der Waals surface area contributed by atoms with Crippen molar-refractivity contribution in [1.29, 1.82) is 0 Å². The summed E-state index contributed by atoms with van der Waals surface area (Å²) in [5.41, 5.74) is 1.04. The Bertz CT molecular complexity index is 460.